The van der Waals surface area contributed by atoms with Gasteiger partial charge in [0.1, 0.15) is 0 Å². The highest BCUT2D eigenvalue weighted by Gasteiger charge is 2.08. The normalized spacial score (nSPS) is 9.83. The zero-order valence-corrected chi connectivity index (χ0v) is 6.74. The van der Waals surface area contributed by atoms with Crippen molar-refractivity contribution in [1.29, 1.82) is 0 Å². The largest absolute Gasteiger partial charge is 0.503 e. The lowest BCUT2D eigenvalue weighted by molar-refractivity contribution is 0.281. The van der Waals surface area contributed by atoms with Gasteiger partial charge in [-0.3, -0.25) is 0 Å². The molecule has 0 aliphatic rings. The number of methoxy groups -OCH3 is 1. The van der Waals surface area contributed by atoms with Crippen molar-refractivity contribution < 1.29 is 14.9 Å². The van der Waals surface area contributed by atoms with Crippen LogP contribution in [0.25, 0.3) is 0 Å². The molecule has 12 heavy (non-hydrogen) atoms. The monoisotopic (exact) mass is 169 g/mol. The van der Waals surface area contributed by atoms with Crippen molar-refractivity contribution in [1.82, 2.24) is 0 Å². The molecule has 66 valence electrons. The van der Waals surface area contributed by atoms with E-state index in [0.29, 0.717) is 11.3 Å². The van der Waals surface area contributed by atoms with Gasteiger partial charge in [-0.2, -0.15) is 0 Å². The lowest BCUT2D eigenvalue weighted by Crippen LogP contribution is -1.96. The number of phenols is 1. The van der Waals surface area contributed by atoms with Crippen LogP contribution in [0, 0.1) is 0 Å². The van der Waals surface area contributed by atoms with E-state index >= 15 is 0 Å². The van der Waals surface area contributed by atoms with Gasteiger partial charge < -0.3 is 20.7 Å². The fourth-order valence-electron chi connectivity index (χ4n) is 0.932. The molecule has 4 heteroatoms. The van der Waals surface area contributed by atoms with E-state index in [4.69, 9.17) is 15.6 Å². The Bertz CT molecular complexity index is 257. The number of hydrogen-bond acceptors (Lipinski definition) is 4. The number of aliphatic hydroxyl groups is 1. The van der Waals surface area contributed by atoms with Crippen LogP contribution in [-0.2, 0) is 6.61 Å². The summed E-state index contributed by atoms with van der Waals surface area (Å²) < 4.78 is 4.81. The third-order valence-electron chi connectivity index (χ3n) is 1.66. The Morgan fingerprint density at radius 2 is 2.17 bits per heavy atom. The van der Waals surface area contributed by atoms with Gasteiger partial charge >= 0.3 is 0 Å². The molecule has 0 saturated heterocycles. The summed E-state index contributed by atoms with van der Waals surface area (Å²) in [5.74, 6) is 0.189. The molecule has 1 rings (SSSR count). The van der Waals surface area contributed by atoms with Gasteiger partial charge in [-0.15, -0.1) is 0 Å². The molecule has 4 N–H and O–H groups in total. The minimum Gasteiger partial charge on any atom is -0.503 e. The van der Waals surface area contributed by atoms with Crippen molar-refractivity contribution in [3.63, 3.8) is 0 Å². The van der Waals surface area contributed by atoms with Gasteiger partial charge in [-0.05, 0) is 6.07 Å². The minimum atomic E-state index is -0.191. The highest BCUT2D eigenvalue weighted by molar-refractivity contribution is 5.63. The van der Waals surface area contributed by atoms with Gasteiger partial charge in [0.25, 0.3) is 0 Å². The lowest BCUT2D eigenvalue weighted by atomic mass is 10.1. The number of rotatable bonds is 2. The average Bonchev–Trinajstić information content (AvgIpc) is 2.10. The van der Waals surface area contributed by atoms with Crippen LogP contribution in [0.3, 0.4) is 0 Å². The summed E-state index contributed by atoms with van der Waals surface area (Å²) in [6, 6.07) is 3.16. The summed E-state index contributed by atoms with van der Waals surface area (Å²) in [6.45, 7) is -0.191. The fourth-order valence-corrected chi connectivity index (χ4v) is 0.932. The lowest BCUT2D eigenvalue weighted by Gasteiger charge is -2.08. The molecular weight excluding hydrogens is 158 g/mol. The Morgan fingerprint density at radius 3 is 2.67 bits per heavy atom. The summed E-state index contributed by atoms with van der Waals surface area (Å²) in [6.07, 6.45) is 0. The Hall–Kier alpha value is -1.42. The zero-order chi connectivity index (χ0) is 9.14. The first-order chi connectivity index (χ1) is 5.70. The van der Waals surface area contributed by atoms with Crippen LogP contribution in [0.15, 0.2) is 12.1 Å². The van der Waals surface area contributed by atoms with Crippen LogP contribution < -0.4 is 10.5 Å². The number of anilines is 1. The molecule has 0 aromatic heterocycles. The number of hydrogen-bond donors (Lipinski definition) is 3. The maximum absolute atomic E-state index is 9.35. The molecule has 1 aromatic carbocycles. The molecule has 0 atom stereocenters. The van der Waals surface area contributed by atoms with E-state index in [0.717, 1.165) is 0 Å². The first kappa shape index (κ1) is 8.67. The summed E-state index contributed by atoms with van der Waals surface area (Å²) >= 11 is 0. The topological polar surface area (TPSA) is 75.7 Å². The van der Waals surface area contributed by atoms with Crippen molar-refractivity contribution in [2.75, 3.05) is 12.8 Å². The molecule has 0 fully saturated rings. The molecule has 0 radical (unpaired) electrons. The van der Waals surface area contributed by atoms with E-state index in [9.17, 15) is 5.11 Å². The predicted molar refractivity (Wildman–Crippen MR) is 45.0 cm³/mol. The third kappa shape index (κ3) is 1.29. The second kappa shape index (κ2) is 3.32. The van der Waals surface area contributed by atoms with Gasteiger partial charge in [0, 0.05) is 5.56 Å². The maximum Gasteiger partial charge on any atom is 0.181 e. The number of nitrogen functional groups attached to an aromatic ring is 1. The molecule has 0 aliphatic carbocycles. The molecule has 4 nitrogen and oxygen atoms in total. The van der Waals surface area contributed by atoms with Gasteiger partial charge in [0.15, 0.2) is 11.5 Å². The molecule has 0 spiro atoms. The molecule has 0 bridgehead atoms. The Labute approximate surface area is 70.2 Å². The van der Waals surface area contributed by atoms with E-state index in [1.807, 2.05) is 0 Å². The van der Waals surface area contributed by atoms with Gasteiger partial charge in [0.05, 0.1) is 19.4 Å². The number of aliphatic hydroxyl groups excluding tert-OH is 1. The highest BCUT2D eigenvalue weighted by Crippen LogP contribution is 2.34. The summed E-state index contributed by atoms with van der Waals surface area (Å²) in [7, 11) is 1.44. The Balaban J connectivity index is 3.20. The van der Waals surface area contributed by atoms with Crippen LogP contribution in [-0.4, -0.2) is 17.3 Å². The maximum atomic E-state index is 9.35. The third-order valence-corrected chi connectivity index (χ3v) is 1.66. The van der Waals surface area contributed by atoms with Crippen molar-refractivity contribution >= 4 is 5.69 Å². The standard InChI is InChI=1S/C8H11NO3/c1-12-6-3-2-5(4-10)7(9)8(6)11/h2-3,10-11H,4,9H2,1H3. The number of phenolic OH excluding ortho intramolecular Hbond substituents is 1. The molecule has 0 heterocycles. The summed E-state index contributed by atoms with van der Waals surface area (Å²) in [4.78, 5) is 0. The molecule has 0 aliphatic heterocycles. The van der Waals surface area contributed by atoms with Crippen LogP contribution in [0.4, 0.5) is 5.69 Å². The summed E-state index contributed by atoms with van der Waals surface area (Å²) in [5.41, 5.74) is 6.14. The van der Waals surface area contributed by atoms with E-state index in [2.05, 4.69) is 0 Å². The average molecular weight is 169 g/mol. The molecule has 0 amide bonds. The van der Waals surface area contributed by atoms with Gasteiger partial charge in [-0.1, -0.05) is 6.07 Å². The molecule has 0 unspecified atom stereocenters. The van der Waals surface area contributed by atoms with Crippen LogP contribution in [0.5, 0.6) is 11.5 Å². The quantitative estimate of drug-likeness (QED) is 0.444. The number of ether oxygens (including phenoxy) is 1. The fraction of sp³-hybridized carbons (Fsp3) is 0.250. The highest BCUT2D eigenvalue weighted by atomic mass is 16.5. The van der Waals surface area contributed by atoms with Crippen LogP contribution in [0.2, 0.25) is 0 Å². The molecule has 1 aromatic rings. The zero-order valence-electron chi connectivity index (χ0n) is 6.74. The van der Waals surface area contributed by atoms with Crippen LogP contribution in [0.1, 0.15) is 5.56 Å². The van der Waals surface area contributed by atoms with E-state index in [1.54, 1.807) is 12.1 Å². The van der Waals surface area contributed by atoms with Crippen LogP contribution >= 0.6 is 0 Å². The number of nitrogens with two attached hydrogens (primary N) is 1. The SMILES string of the molecule is COc1ccc(CO)c(N)c1O. The number of benzene rings is 1. The smallest absolute Gasteiger partial charge is 0.181 e. The minimum absolute atomic E-state index is 0.121. The summed E-state index contributed by atoms with van der Waals surface area (Å²) in [5, 5.41) is 18.1. The first-order valence-electron chi connectivity index (χ1n) is 3.46. The van der Waals surface area contributed by atoms with E-state index in [-0.39, 0.29) is 18.0 Å². The van der Waals surface area contributed by atoms with Crippen molar-refractivity contribution in [3.05, 3.63) is 17.7 Å². The number of aromatic hydroxyl groups is 1. The first-order valence-corrected chi connectivity index (χ1v) is 3.46. The van der Waals surface area contributed by atoms with Crippen molar-refractivity contribution in [2.45, 2.75) is 6.61 Å². The second-order valence-electron chi connectivity index (χ2n) is 2.35. The Morgan fingerprint density at radius 1 is 1.50 bits per heavy atom. The van der Waals surface area contributed by atoms with Gasteiger partial charge in [-0.25, -0.2) is 0 Å². The van der Waals surface area contributed by atoms with E-state index < -0.39 is 0 Å². The second-order valence-corrected chi connectivity index (χ2v) is 2.35. The van der Waals surface area contributed by atoms with Gasteiger partial charge in [0.2, 0.25) is 0 Å². The molecular formula is C8H11NO3. The van der Waals surface area contributed by atoms with Crippen molar-refractivity contribution in [3.8, 4) is 11.5 Å². The molecule has 0 saturated carbocycles. The van der Waals surface area contributed by atoms with Crippen molar-refractivity contribution in [2.24, 2.45) is 0 Å². The Kier molecular flexibility index (Phi) is 2.40. The van der Waals surface area contributed by atoms with E-state index in [1.165, 1.54) is 7.11 Å². The predicted octanol–water partition coefficient (Wildman–Crippen LogP) is 0.475.